The fraction of sp³-hybridized carbons (Fsp3) is 0.137. The van der Waals surface area contributed by atoms with Gasteiger partial charge in [-0.3, -0.25) is 4.99 Å². The fourth-order valence-electron chi connectivity index (χ4n) is 7.44. The number of oxazole rings is 1. The first-order chi connectivity index (χ1) is 27.1. The van der Waals surface area contributed by atoms with Crippen LogP contribution < -0.4 is 0 Å². The van der Waals surface area contributed by atoms with Crippen molar-refractivity contribution in [3.63, 3.8) is 0 Å². The molecule has 5 nitrogen and oxygen atoms in total. The summed E-state index contributed by atoms with van der Waals surface area (Å²) in [6.45, 7) is 10.9. The van der Waals surface area contributed by atoms with Gasteiger partial charge >= 0.3 is 0 Å². The Morgan fingerprint density at radius 3 is 2.12 bits per heavy atom. The largest absolute Gasteiger partial charge is 0.507 e. The minimum absolute atomic E-state index is 0.0723. The summed E-state index contributed by atoms with van der Waals surface area (Å²) in [4.78, 5) is 10.0. The average Bonchev–Trinajstić information content (AvgIpc) is 3.82. The zero-order chi connectivity index (χ0) is 38.6. The molecule has 0 aliphatic rings. The summed E-state index contributed by atoms with van der Waals surface area (Å²) in [5, 5.41) is 12.8. The Bertz CT molecular complexity index is 2940. The van der Waals surface area contributed by atoms with E-state index < -0.39 is 0 Å². The predicted molar refractivity (Wildman–Crippen MR) is 231 cm³/mol. The van der Waals surface area contributed by atoms with E-state index in [1.165, 1.54) is 16.7 Å². The maximum absolute atomic E-state index is 10.7. The molecule has 9 rings (SSSR count). The van der Waals surface area contributed by atoms with Gasteiger partial charge in [-0.2, -0.15) is 0 Å². The molecular weight excluding hydrogens is 689 g/mol. The van der Waals surface area contributed by atoms with Crippen molar-refractivity contribution in [2.24, 2.45) is 4.99 Å². The second-order valence-electron chi connectivity index (χ2n) is 15.8. The highest BCUT2D eigenvalue weighted by Gasteiger charge is 2.21. The number of nitrogens with zero attached hydrogens (tertiary/aromatic N) is 2. The monoisotopic (exact) mass is 730 g/mol. The SMILES string of the molecule is CC(C)c1cccc(-c2ccc(-c3cc(-c4cccc5c4oc4ccccc45)c4nc(-c5ccccc5N=Cc5cc(C(C)(C)C)ccc5O)oc4c3)cc2)c1. The van der Waals surface area contributed by atoms with Crippen molar-refractivity contribution in [3.8, 4) is 50.6 Å². The third-order valence-corrected chi connectivity index (χ3v) is 10.7. The first kappa shape index (κ1) is 35.0. The van der Waals surface area contributed by atoms with Crippen LogP contribution in [0.1, 0.15) is 57.2 Å². The normalized spacial score (nSPS) is 12.2. The maximum Gasteiger partial charge on any atom is 0.229 e. The van der Waals surface area contributed by atoms with Crippen molar-refractivity contribution >= 4 is 44.9 Å². The van der Waals surface area contributed by atoms with Gasteiger partial charge in [-0.25, -0.2) is 4.98 Å². The predicted octanol–water partition coefficient (Wildman–Crippen LogP) is 14.3. The van der Waals surface area contributed by atoms with Crippen molar-refractivity contribution in [2.45, 2.75) is 46.0 Å². The molecule has 2 aromatic heterocycles. The standard InChI is InChI=1S/C51H42N2O3/c1-31(2)34-12-10-13-35(26-34)32-20-22-33(23-21-32)36-28-43(41-17-11-16-40-39-14-7-9-19-46(39)55-49(40)41)48-47(29-36)56-50(53-48)42-15-6-8-18-44(42)52-30-37-27-38(51(3,4)5)24-25-45(37)54/h6-31,54H,1-5H3. The van der Waals surface area contributed by atoms with Crippen molar-refractivity contribution < 1.29 is 13.9 Å². The number of hydrogen-bond acceptors (Lipinski definition) is 5. The molecular formula is C51H42N2O3. The number of hydrogen-bond donors (Lipinski definition) is 1. The number of fused-ring (bicyclic) bond motifs is 4. The minimum atomic E-state index is -0.0723. The Balaban J connectivity index is 1.19. The van der Waals surface area contributed by atoms with Gasteiger partial charge in [0.15, 0.2) is 5.58 Å². The second kappa shape index (κ2) is 13.8. The summed E-state index contributed by atoms with van der Waals surface area (Å²) in [7, 11) is 0. The Morgan fingerprint density at radius 2 is 1.32 bits per heavy atom. The van der Waals surface area contributed by atoms with Crippen molar-refractivity contribution in [1.29, 1.82) is 0 Å². The third kappa shape index (κ3) is 6.45. The highest BCUT2D eigenvalue weighted by atomic mass is 16.3. The van der Waals surface area contributed by atoms with Gasteiger partial charge in [-0.05, 0) is 87.2 Å². The Morgan fingerprint density at radius 1 is 0.607 bits per heavy atom. The second-order valence-corrected chi connectivity index (χ2v) is 15.8. The van der Waals surface area contributed by atoms with Crippen LogP contribution in [0.5, 0.6) is 5.75 Å². The molecule has 0 fully saturated rings. The summed E-state index contributed by atoms with van der Waals surface area (Å²) < 4.78 is 13.2. The molecule has 0 atom stereocenters. The zero-order valence-electron chi connectivity index (χ0n) is 32.2. The lowest BCUT2D eigenvalue weighted by molar-refractivity contribution is 0.473. The van der Waals surface area contributed by atoms with Gasteiger partial charge in [0.2, 0.25) is 5.89 Å². The van der Waals surface area contributed by atoms with Gasteiger partial charge < -0.3 is 13.9 Å². The first-order valence-electron chi connectivity index (χ1n) is 19.1. The molecule has 9 aromatic rings. The molecule has 0 saturated heterocycles. The van der Waals surface area contributed by atoms with E-state index in [2.05, 4.69) is 120 Å². The number of phenols is 1. The Kier molecular flexibility index (Phi) is 8.66. The van der Waals surface area contributed by atoms with E-state index >= 15 is 0 Å². The molecule has 0 spiro atoms. The van der Waals surface area contributed by atoms with Gasteiger partial charge in [0.1, 0.15) is 22.4 Å². The fourth-order valence-corrected chi connectivity index (χ4v) is 7.44. The van der Waals surface area contributed by atoms with E-state index in [0.717, 1.165) is 60.8 Å². The van der Waals surface area contributed by atoms with Crippen LogP contribution in [0.3, 0.4) is 0 Å². The van der Waals surface area contributed by atoms with Gasteiger partial charge in [-0.1, -0.05) is 138 Å². The highest BCUT2D eigenvalue weighted by Crippen LogP contribution is 2.42. The minimum Gasteiger partial charge on any atom is -0.507 e. The third-order valence-electron chi connectivity index (χ3n) is 10.7. The number of phenolic OH excluding ortho intramolecular Hbond substituents is 1. The molecule has 0 radical (unpaired) electrons. The number of benzene rings is 7. The van der Waals surface area contributed by atoms with Crippen LogP contribution >= 0.6 is 0 Å². The van der Waals surface area contributed by atoms with Crippen molar-refractivity contribution in [2.75, 3.05) is 0 Å². The number of furan rings is 1. The number of aromatic nitrogens is 1. The zero-order valence-corrected chi connectivity index (χ0v) is 32.2. The molecule has 56 heavy (non-hydrogen) atoms. The molecule has 0 unspecified atom stereocenters. The molecule has 274 valence electrons. The Labute approximate surface area is 326 Å². The lowest BCUT2D eigenvalue weighted by atomic mass is 9.86. The smallest absolute Gasteiger partial charge is 0.229 e. The molecule has 0 amide bonds. The van der Waals surface area contributed by atoms with Crippen LogP contribution in [0, 0.1) is 0 Å². The van der Waals surface area contributed by atoms with E-state index in [0.29, 0.717) is 28.6 Å². The molecule has 7 aromatic carbocycles. The summed E-state index contributed by atoms with van der Waals surface area (Å²) in [6, 6.07) is 49.7. The van der Waals surface area contributed by atoms with Gasteiger partial charge in [-0.15, -0.1) is 0 Å². The van der Waals surface area contributed by atoms with E-state index in [4.69, 9.17) is 18.8 Å². The quantitative estimate of drug-likeness (QED) is 0.166. The summed E-state index contributed by atoms with van der Waals surface area (Å²) in [5.41, 5.74) is 13.8. The molecule has 1 N–H and O–H groups in total. The van der Waals surface area contributed by atoms with Crippen molar-refractivity contribution in [1.82, 2.24) is 4.98 Å². The molecule has 2 heterocycles. The van der Waals surface area contributed by atoms with Crippen LogP contribution in [-0.2, 0) is 5.41 Å². The molecule has 0 aliphatic heterocycles. The van der Waals surface area contributed by atoms with E-state index in [9.17, 15) is 5.11 Å². The van der Waals surface area contributed by atoms with E-state index in [-0.39, 0.29) is 11.2 Å². The highest BCUT2D eigenvalue weighted by molar-refractivity contribution is 6.12. The summed E-state index contributed by atoms with van der Waals surface area (Å²) in [5.74, 6) is 1.09. The van der Waals surface area contributed by atoms with Crippen LogP contribution in [0.15, 0.2) is 159 Å². The van der Waals surface area contributed by atoms with Crippen molar-refractivity contribution in [3.05, 3.63) is 162 Å². The lowest BCUT2D eigenvalue weighted by Crippen LogP contribution is -2.11. The van der Waals surface area contributed by atoms with E-state index in [1.54, 1.807) is 12.3 Å². The number of aromatic hydroxyl groups is 1. The summed E-state index contributed by atoms with van der Waals surface area (Å²) >= 11 is 0. The lowest BCUT2D eigenvalue weighted by Gasteiger charge is -2.19. The van der Waals surface area contributed by atoms with Crippen LogP contribution in [0.2, 0.25) is 0 Å². The number of para-hydroxylation sites is 3. The Hall–Kier alpha value is -6.72. The van der Waals surface area contributed by atoms with Crippen LogP contribution in [-0.4, -0.2) is 16.3 Å². The average molecular weight is 731 g/mol. The molecule has 5 heteroatoms. The van der Waals surface area contributed by atoms with Crippen LogP contribution in [0.4, 0.5) is 5.69 Å². The van der Waals surface area contributed by atoms with E-state index in [1.807, 2.05) is 54.6 Å². The number of aliphatic imine (C=N–C) groups is 1. The number of rotatable bonds is 7. The topological polar surface area (TPSA) is 71.8 Å². The van der Waals surface area contributed by atoms with Gasteiger partial charge in [0, 0.05) is 33.7 Å². The van der Waals surface area contributed by atoms with Gasteiger partial charge in [0.25, 0.3) is 0 Å². The molecule has 0 saturated carbocycles. The van der Waals surface area contributed by atoms with Gasteiger partial charge in [0.05, 0.1) is 11.3 Å². The first-order valence-corrected chi connectivity index (χ1v) is 19.1. The molecule has 0 bridgehead atoms. The van der Waals surface area contributed by atoms with Crippen LogP contribution in [0.25, 0.3) is 77.9 Å². The maximum atomic E-state index is 10.7. The summed E-state index contributed by atoms with van der Waals surface area (Å²) in [6.07, 6.45) is 1.71. The molecule has 0 aliphatic carbocycles.